The number of hydrogen-bond acceptors (Lipinski definition) is 10. The monoisotopic (exact) mass is 1210 g/mol. The van der Waals surface area contributed by atoms with Crippen molar-refractivity contribution >= 4 is 11.9 Å². The number of esters is 1. The Morgan fingerprint density at radius 3 is 1.26 bits per heavy atom. The van der Waals surface area contributed by atoms with Gasteiger partial charge in [-0.25, -0.2) is 0 Å². The van der Waals surface area contributed by atoms with Gasteiger partial charge in [-0.3, -0.25) is 9.59 Å². The van der Waals surface area contributed by atoms with Crippen LogP contribution in [-0.2, 0) is 23.8 Å². The summed E-state index contributed by atoms with van der Waals surface area (Å²) in [5.74, 6) is -1.23. The Labute approximate surface area is 531 Å². The van der Waals surface area contributed by atoms with Crippen molar-refractivity contribution in [2.75, 3.05) is 13.2 Å². The van der Waals surface area contributed by atoms with Crippen LogP contribution in [0.4, 0.5) is 0 Å². The minimum Gasteiger partial charge on any atom is -0.454 e. The van der Waals surface area contributed by atoms with Crippen LogP contribution in [0.25, 0.3) is 0 Å². The van der Waals surface area contributed by atoms with Crippen molar-refractivity contribution in [1.82, 2.24) is 5.32 Å². The summed E-state index contributed by atoms with van der Waals surface area (Å²) in [6, 6.07) is -1.05. The van der Waals surface area contributed by atoms with Crippen LogP contribution in [0.2, 0.25) is 0 Å². The fourth-order valence-electron chi connectivity index (χ4n) is 10.0. The molecule has 1 rings (SSSR count). The number of carbonyl (C=O) groups is 2. The van der Waals surface area contributed by atoms with Gasteiger partial charge >= 0.3 is 5.97 Å². The molecule has 0 aromatic carbocycles. The van der Waals surface area contributed by atoms with Crippen LogP contribution in [-0.4, -0.2) is 99.6 Å². The number of nitrogens with one attached hydrogen (secondary N) is 1. The molecule has 0 aromatic heterocycles. The fourth-order valence-corrected chi connectivity index (χ4v) is 10.0. The van der Waals surface area contributed by atoms with Gasteiger partial charge in [0.1, 0.15) is 24.4 Å². The molecule has 496 valence electrons. The quantitative estimate of drug-likeness (QED) is 0.0195. The van der Waals surface area contributed by atoms with Crippen molar-refractivity contribution < 1.29 is 49.3 Å². The van der Waals surface area contributed by atoms with E-state index in [4.69, 9.17) is 14.2 Å². The van der Waals surface area contributed by atoms with E-state index < -0.39 is 67.4 Å². The minimum atomic E-state index is -1.63. The number of aliphatic hydroxyl groups excluding tert-OH is 5. The van der Waals surface area contributed by atoms with Crippen LogP contribution in [0.1, 0.15) is 271 Å². The SMILES string of the molecule is CC/C=C\C/C=C\C/C=C\C/C=C\C/C=C\C/C=C\CCCCCC(O)C(=O)NC(COC1OC(CO)C(O)C(O)C1OC(=O)CCCCCCCCCCC/C=C\C/C=C\C/C=C\C/C=C\CCCCC)C(O)/C=C/CCCCCCCCCCC. The van der Waals surface area contributed by atoms with Crippen LogP contribution in [0.3, 0.4) is 0 Å². The third-order valence-electron chi connectivity index (χ3n) is 15.5. The van der Waals surface area contributed by atoms with Crippen molar-refractivity contribution in [3.8, 4) is 0 Å². The van der Waals surface area contributed by atoms with Gasteiger partial charge in [0.05, 0.1) is 25.4 Å². The van der Waals surface area contributed by atoms with Crippen LogP contribution in [0, 0.1) is 0 Å². The molecule has 11 heteroatoms. The lowest BCUT2D eigenvalue weighted by Gasteiger charge is -2.41. The van der Waals surface area contributed by atoms with E-state index in [2.05, 4.69) is 148 Å². The molecule has 1 aliphatic rings. The maximum absolute atomic E-state index is 13.5. The molecule has 0 bridgehead atoms. The lowest BCUT2D eigenvalue weighted by molar-refractivity contribution is -0.305. The zero-order valence-electron chi connectivity index (χ0n) is 55.1. The first-order valence-electron chi connectivity index (χ1n) is 35.0. The Morgan fingerprint density at radius 1 is 0.460 bits per heavy atom. The number of amides is 1. The van der Waals surface area contributed by atoms with Gasteiger partial charge in [-0.2, -0.15) is 0 Å². The van der Waals surface area contributed by atoms with E-state index in [0.29, 0.717) is 12.8 Å². The smallest absolute Gasteiger partial charge is 0.306 e. The van der Waals surface area contributed by atoms with Gasteiger partial charge in [-0.1, -0.05) is 276 Å². The third kappa shape index (κ3) is 49.3. The molecule has 0 saturated carbocycles. The Bertz CT molecular complexity index is 1930. The molecule has 11 nitrogen and oxygen atoms in total. The molecule has 1 heterocycles. The van der Waals surface area contributed by atoms with Crippen molar-refractivity contribution in [3.05, 3.63) is 134 Å². The normalized spacial score (nSPS) is 19.1. The van der Waals surface area contributed by atoms with E-state index >= 15 is 0 Å². The Kier molecular flexibility index (Phi) is 57.6. The Balaban J connectivity index is 2.61. The number of ether oxygens (including phenoxy) is 3. The third-order valence-corrected chi connectivity index (χ3v) is 15.5. The van der Waals surface area contributed by atoms with Gasteiger partial charge < -0.3 is 45.1 Å². The van der Waals surface area contributed by atoms with Gasteiger partial charge in [-0.05, 0) is 122 Å². The number of rotatable bonds is 58. The number of allylic oxidation sites excluding steroid dienone is 21. The maximum atomic E-state index is 13.5. The van der Waals surface area contributed by atoms with E-state index in [1.165, 1.54) is 89.9 Å². The molecule has 8 unspecified atom stereocenters. The molecule has 1 aliphatic heterocycles. The maximum Gasteiger partial charge on any atom is 0.306 e. The molecule has 0 aliphatic carbocycles. The summed E-state index contributed by atoms with van der Waals surface area (Å²) in [4.78, 5) is 26.7. The number of carbonyl (C=O) groups excluding carboxylic acids is 2. The van der Waals surface area contributed by atoms with Crippen LogP contribution in [0.5, 0.6) is 0 Å². The molecular weight excluding hydrogens is 1090 g/mol. The topological polar surface area (TPSA) is 175 Å². The van der Waals surface area contributed by atoms with E-state index in [9.17, 15) is 35.1 Å². The van der Waals surface area contributed by atoms with Gasteiger partial charge in [0, 0.05) is 6.42 Å². The highest BCUT2D eigenvalue weighted by molar-refractivity contribution is 5.80. The molecular formula is C76H127NO10. The second kappa shape index (κ2) is 62.0. The fraction of sp³-hybridized carbons (Fsp3) is 0.684. The number of unbranched alkanes of at least 4 members (excludes halogenated alkanes) is 24. The van der Waals surface area contributed by atoms with Gasteiger partial charge in [-0.15, -0.1) is 0 Å². The summed E-state index contributed by atoms with van der Waals surface area (Å²) < 4.78 is 17.7. The zero-order chi connectivity index (χ0) is 63.1. The first-order chi connectivity index (χ1) is 42.7. The van der Waals surface area contributed by atoms with Crippen LogP contribution >= 0.6 is 0 Å². The molecule has 6 N–H and O–H groups in total. The van der Waals surface area contributed by atoms with Crippen molar-refractivity contribution in [3.63, 3.8) is 0 Å². The Hall–Kier alpha value is -4.20. The summed E-state index contributed by atoms with van der Waals surface area (Å²) in [6.45, 7) is 5.63. The highest BCUT2D eigenvalue weighted by Crippen LogP contribution is 2.26. The summed E-state index contributed by atoms with van der Waals surface area (Å²) in [7, 11) is 0. The highest BCUT2D eigenvalue weighted by atomic mass is 16.7. The standard InChI is InChI=1S/C76H127NO10/c1-4-7-10-13-16-19-22-24-26-28-30-32-34-35-36-38-40-42-44-46-49-52-55-58-61-64-71(81)87-74-73(83)72(82)70(65-78)86-76(74)85-66-67(68(79)62-59-56-53-50-47-21-18-15-12-9-6-3)77-75(84)69(80)63-60-57-54-51-48-45-43-41-39-37-33-31-29-27-25-23-20-17-14-11-8-5-2/h8,11,16-17,19-20,24-27,30-33,35-36,39,41,45,48,59,62,67-70,72-74,76,78-80,82-83H,4-7,9-10,12-15,18,21-23,28-29,34,37-38,40,42-44,46-47,49-58,60-61,63-66H2,1-3H3,(H,77,84)/b11-8-,19-16-,20-17-,26-24-,27-25-,32-30-,33-31-,36-35-,41-39-,48-45-,62-59+. The van der Waals surface area contributed by atoms with Crippen molar-refractivity contribution in [1.29, 1.82) is 0 Å². The molecule has 87 heavy (non-hydrogen) atoms. The highest BCUT2D eigenvalue weighted by Gasteiger charge is 2.47. The minimum absolute atomic E-state index is 0.106. The van der Waals surface area contributed by atoms with Gasteiger partial charge in [0.25, 0.3) is 0 Å². The van der Waals surface area contributed by atoms with E-state index in [0.717, 1.165) is 135 Å². The molecule has 0 radical (unpaired) electrons. The second-order valence-electron chi connectivity index (χ2n) is 23.5. The van der Waals surface area contributed by atoms with E-state index in [1.54, 1.807) is 6.08 Å². The summed E-state index contributed by atoms with van der Waals surface area (Å²) in [6.07, 6.45) is 77.7. The average molecular weight is 1210 g/mol. The number of hydrogen-bond donors (Lipinski definition) is 6. The predicted molar refractivity (Wildman–Crippen MR) is 365 cm³/mol. The largest absolute Gasteiger partial charge is 0.454 e. The zero-order valence-corrected chi connectivity index (χ0v) is 55.1. The summed E-state index contributed by atoms with van der Waals surface area (Å²) in [5.41, 5.74) is 0. The second-order valence-corrected chi connectivity index (χ2v) is 23.5. The number of aliphatic hydroxyl groups is 5. The van der Waals surface area contributed by atoms with Crippen molar-refractivity contribution in [2.24, 2.45) is 0 Å². The lowest BCUT2D eigenvalue weighted by atomic mass is 9.99. The van der Waals surface area contributed by atoms with E-state index in [-0.39, 0.29) is 19.4 Å². The van der Waals surface area contributed by atoms with Gasteiger partial charge in [0.2, 0.25) is 5.91 Å². The average Bonchev–Trinajstić information content (AvgIpc) is 1.30. The first kappa shape index (κ1) is 80.8. The molecule has 0 spiro atoms. The summed E-state index contributed by atoms with van der Waals surface area (Å²) >= 11 is 0. The Morgan fingerprint density at radius 2 is 0.828 bits per heavy atom. The summed E-state index contributed by atoms with van der Waals surface area (Å²) in [5, 5.41) is 57.2. The van der Waals surface area contributed by atoms with Crippen LogP contribution < -0.4 is 5.32 Å². The van der Waals surface area contributed by atoms with E-state index in [1.807, 2.05) is 6.08 Å². The predicted octanol–water partition coefficient (Wildman–Crippen LogP) is 18.0. The molecule has 8 atom stereocenters. The molecule has 1 amide bonds. The molecule has 0 aromatic rings. The lowest BCUT2D eigenvalue weighted by Crippen LogP contribution is -2.61. The van der Waals surface area contributed by atoms with Gasteiger partial charge in [0.15, 0.2) is 12.4 Å². The van der Waals surface area contributed by atoms with Crippen molar-refractivity contribution in [2.45, 2.75) is 320 Å². The molecule has 1 fully saturated rings. The molecule has 1 saturated heterocycles. The first-order valence-corrected chi connectivity index (χ1v) is 35.0. The van der Waals surface area contributed by atoms with Crippen LogP contribution in [0.15, 0.2) is 134 Å².